The average molecular weight is 414 g/mol. The number of hydrogen-bond donors (Lipinski definition) is 2. The molecule has 0 aliphatic carbocycles. The molecule has 2 aromatic rings. The Bertz CT molecular complexity index is 870. The largest absolute Gasteiger partial charge is 0.493 e. The summed E-state index contributed by atoms with van der Waals surface area (Å²) < 4.78 is 16.2. The SMILES string of the molecule is COc1cc(C=NNC(=S)NCC2CCCO2)ccc1OC(=O)c1cccnc1. The lowest BCUT2D eigenvalue weighted by atomic mass is 10.2. The molecule has 0 saturated carbocycles. The zero-order valence-corrected chi connectivity index (χ0v) is 16.8. The van der Waals surface area contributed by atoms with E-state index in [0.717, 1.165) is 25.0 Å². The van der Waals surface area contributed by atoms with Crippen LogP contribution in [0.2, 0.25) is 0 Å². The topological polar surface area (TPSA) is 94.1 Å². The predicted molar refractivity (Wildman–Crippen MR) is 112 cm³/mol. The van der Waals surface area contributed by atoms with Crippen molar-refractivity contribution < 1.29 is 19.0 Å². The number of aromatic nitrogens is 1. The van der Waals surface area contributed by atoms with Crippen LogP contribution in [0.25, 0.3) is 0 Å². The molecule has 1 saturated heterocycles. The summed E-state index contributed by atoms with van der Waals surface area (Å²) in [7, 11) is 1.50. The first kappa shape index (κ1) is 20.7. The number of thiocarbonyl (C=S) groups is 1. The molecule has 1 fully saturated rings. The molecule has 1 aliphatic heterocycles. The van der Waals surface area contributed by atoms with Crippen molar-refractivity contribution in [2.24, 2.45) is 5.10 Å². The van der Waals surface area contributed by atoms with E-state index >= 15 is 0 Å². The molecule has 29 heavy (non-hydrogen) atoms. The number of rotatable bonds is 7. The van der Waals surface area contributed by atoms with E-state index in [2.05, 4.69) is 20.8 Å². The van der Waals surface area contributed by atoms with Gasteiger partial charge in [0, 0.05) is 25.5 Å². The van der Waals surface area contributed by atoms with Gasteiger partial charge in [0.25, 0.3) is 0 Å². The molecule has 9 heteroatoms. The maximum absolute atomic E-state index is 12.2. The zero-order valence-electron chi connectivity index (χ0n) is 16.0. The van der Waals surface area contributed by atoms with Crippen molar-refractivity contribution in [2.45, 2.75) is 18.9 Å². The highest BCUT2D eigenvalue weighted by atomic mass is 32.1. The fraction of sp³-hybridized carbons (Fsp3) is 0.300. The number of benzene rings is 1. The number of hydrazone groups is 1. The molecular formula is C20H22N4O4S. The van der Waals surface area contributed by atoms with Crippen molar-refractivity contribution in [1.29, 1.82) is 0 Å². The first-order valence-corrected chi connectivity index (χ1v) is 9.55. The van der Waals surface area contributed by atoms with Gasteiger partial charge in [-0.25, -0.2) is 4.79 Å². The standard InChI is InChI=1S/C20H22N4O4S/c1-26-18-10-14(11-23-24-20(29)22-13-16-5-3-9-27-16)6-7-17(18)28-19(25)15-4-2-8-21-12-15/h2,4,6-8,10-12,16H,3,5,9,13H2,1H3,(H2,22,24,29). The monoisotopic (exact) mass is 414 g/mol. The van der Waals surface area contributed by atoms with Crippen LogP contribution in [0, 0.1) is 0 Å². The Labute approximate surface area is 174 Å². The van der Waals surface area contributed by atoms with Gasteiger partial charge in [0.15, 0.2) is 16.6 Å². The Balaban J connectivity index is 1.54. The van der Waals surface area contributed by atoms with Crippen LogP contribution in [0.3, 0.4) is 0 Å². The second-order valence-electron chi connectivity index (χ2n) is 6.26. The number of carbonyl (C=O) groups is 1. The van der Waals surface area contributed by atoms with E-state index in [9.17, 15) is 4.79 Å². The Hall–Kier alpha value is -3.04. The van der Waals surface area contributed by atoms with Crippen molar-refractivity contribution in [3.63, 3.8) is 0 Å². The van der Waals surface area contributed by atoms with Gasteiger partial charge in [0.2, 0.25) is 0 Å². The number of nitrogens with zero attached hydrogens (tertiary/aromatic N) is 2. The molecule has 3 rings (SSSR count). The third kappa shape index (κ3) is 6.23. The van der Waals surface area contributed by atoms with Crippen LogP contribution in [0.15, 0.2) is 47.8 Å². The summed E-state index contributed by atoms with van der Waals surface area (Å²) in [6.07, 6.45) is 6.94. The summed E-state index contributed by atoms with van der Waals surface area (Å²) in [6, 6.07) is 8.40. The lowest BCUT2D eigenvalue weighted by Crippen LogP contribution is -2.37. The van der Waals surface area contributed by atoms with Crippen LogP contribution >= 0.6 is 12.2 Å². The fourth-order valence-corrected chi connectivity index (χ4v) is 2.84. The van der Waals surface area contributed by atoms with E-state index in [1.54, 1.807) is 42.7 Å². The van der Waals surface area contributed by atoms with Gasteiger partial charge in [-0.3, -0.25) is 10.4 Å². The van der Waals surface area contributed by atoms with Crippen LogP contribution < -0.4 is 20.2 Å². The highest BCUT2D eigenvalue weighted by molar-refractivity contribution is 7.80. The predicted octanol–water partition coefficient (Wildman–Crippen LogP) is 2.29. The molecule has 1 aliphatic rings. The van der Waals surface area contributed by atoms with Gasteiger partial charge in [0.05, 0.1) is 25.0 Å². The number of hydrogen-bond acceptors (Lipinski definition) is 7. The lowest BCUT2D eigenvalue weighted by molar-refractivity contribution is 0.0729. The zero-order chi connectivity index (χ0) is 20.5. The van der Waals surface area contributed by atoms with Crippen LogP contribution in [-0.2, 0) is 4.74 Å². The minimum absolute atomic E-state index is 0.199. The fourth-order valence-electron chi connectivity index (χ4n) is 2.71. The second kappa shape index (κ2) is 10.5. The minimum atomic E-state index is -0.512. The number of esters is 1. The van der Waals surface area contributed by atoms with Gasteiger partial charge in [-0.1, -0.05) is 0 Å². The summed E-state index contributed by atoms with van der Waals surface area (Å²) in [4.78, 5) is 16.1. The van der Waals surface area contributed by atoms with Crippen molar-refractivity contribution in [1.82, 2.24) is 15.7 Å². The first-order valence-electron chi connectivity index (χ1n) is 9.14. The molecule has 1 unspecified atom stereocenters. The summed E-state index contributed by atoms with van der Waals surface area (Å²) >= 11 is 5.19. The molecule has 1 aromatic heterocycles. The number of ether oxygens (including phenoxy) is 3. The molecule has 8 nitrogen and oxygen atoms in total. The van der Waals surface area contributed by atoms with E-state index < -0.39 is 5.97 Å². The molecule has 1 aromatic carbocycles. The van der Waals surface area contributed by atoms with Crippen LogP contribution in [0.5, 0.6) is 11.5 Å². The Morgan fingerprint density at radius 1 is 1.41 bits per heavy atom. The molecule has 2 heterocycles. The average Bonchev–Trinajstić information content (AvgIpc) is 3.27. The lowest BCUT2D eigenvalue weighted by Gasteiger charge is -2.12. The van der Waals surface area contributed by atoms with E-state index in [0.29, 0.717) is 28.7 Å². The van der Waals surface area contributed by atoms with Gasteiger partial charge in [-0.15, -0.1) is 0 Å². The van der Waals surface area contributed by atoms with E-state index in [1.165, 1.54) is 13.3 Å². The molecule has 2 N–H and O–H groups in total. The van der Waals surface area contributed by atoms with Crippen LogP contribution in [-0.4, -0.2) is 48.6 Å². The number of pyridine rings is 1. The van der Waals surface area contributed by atoms with E-state index in [1.807, 2.05) is 0 Å². The molecule has 1 atom stereocenters. The summed E-state index contributed by atoms with van der Waals surface area (Å²) in [6.45, 7) is 1.46. The quantitative estimate of drug-likeness (QED) is 0.234. The smallest absolute Gasteiger partial charge is 0.345 e. The maximum atomic E-state index is 12.2. The molecule has 0 bridgehead atoms. The Kier molecular flexibility index (Phi) is 7.48. The third-order valence-electron chi connectivity index (χ3n) is 4.18. The highest BCUT2D eigenvalue weighted by Gasteiger charge is 2.15. The molecule has 0 amide bonds. The van der Waals surface area contributed by atoms with Crippen molar-refractivity contribution in [2.75, 3.05) is 20.3 Å². The van der Waals surface area contributed by atoms with Crippen LogP contribution in [0.4, 0.5) is 0 Å². The molecule has 152 valence electrons. The molecule has 0 spiro atoms. The summed E-state index contributed by atoms with van der Waals surface area (Å²) in [5.41, 5.74) is 3.86. The normalized spacial score (nSPS) is 15.8. The van der Waals surface area contributed by atoms with Crippen molar-refractivity contribution in [3.05, 3.63) is 53.9 Å². The van der Waals surface area contributed by atoms with Gasteiger partial charge in [-0.2, -0.15) is 5.10 Å². The van der Waals surface area contributed by atoms with Crippen LogP contribution in [0.1, 0.15) is 28.8 Å². The Morgan fingerprint density at radius 2 is 2.31 bits per heavy atom. The number of carbonyl (C=O) groups excluding carboxylic acids is 1. The van der Waals surface area contributed by atoms with Gasteiger partial charge < -0.3 is 19.5 Å². The van der Waals surface area contributed by atoms with Gasteiger partial charge in [0.1, 0.15) is 0 Å². The first-order chi connectivity index (χ1) is 14.2. The number of methoxy groups -OCH3 is 1. The minimum Gasteiger partial charge on any atom is -0.493 e. The van der Waals surface area contributed by atoms with E-state index in [4.69, 9.17) is 26.4 Å². The number of nitrogens with one attached hydrogen (secondary N) is 2. The Morgan fingerprint density at radius 3 is 3.03 bits per heavy atom. The molecular weight excluding hydrogens is 392 g/mol. The second-order valence-corrected chi connectivity index (χ2v) is 6.66. The maximum Gasteiger partial charge on any atom is 0.345 e. The van der Waals surface area contributed by atoms with E-state index in [-0.39, 0.29) is 6.10 Å². The summed E-state index contributed by atoms with van der Waals surface area (Å²) in [5, 5.41) is 7.61. The van der Waals surface area contributed by atoms with Gasteiger partial charge >= 0.3 is 5.97 Å². The molecule has 0 radical (unpaired) electrons. The van der Waals surface area contributed by atoms with Gasteiger partial charge in [-0.05, 0) is 61.0 Å². The van der Waals surface area contributed by atoms with Crippen molar-refractivity contribution >= 4 is 29.5 Å². The highest BCUT2D eigenvalue weighted by Crippen LogP contribution is 2.28. The van der Waals surface area contributed by atoms with Crippen molar-refractivity contribution in [3.8, 4) is 11.5 Å². The summed E-state index contributed by atoms with van der Waals surface area (Å²) in [5.74, 6) is 0.202. The third-order valence-corrected chi connectivity index (χ3v) is 4.42.